The molecule has 140 valence electrons. The minimum atomic E-state index is -0.432. The Morgan fingerprint density at radius 3 is 2.65 bits per heavy atom. The van der Waals surface area contributed by atoms with Crippen LogP contribution in [0.5, 0.6) is 0 Å². The zero-order chi connectivity index (χ0) is 18.7. The smallest absolute Gasteiger partial charge is 0.173 e. The van der Waals surface area contributed by atoms with Crippen LogP contribution >= 0.6 is 23.8 Å². The highest BCUT2D eigenvalue weighted by molar-refractivity contribution is 7.80. The van der Waals surface area contributed by atoms with Gasteiger partial charge in [0.15, 0.2) is 5.11 Å². The quantitative estimate of drug-likeness (QED) is 0.801. The Kier molecular flexibility index (Phi) is 6.11. The zero-order valence-corrected chi connectivity index (χ0v) is 16.6. The molecule has 0 unspecified atom stereocenters. The molecule has 3 rings (SSSR count). The van der Waals surface area contributed by atoms with Crippen molar-refractivity contribution >= 4 is 34.6 Å². The average molecular weight is 396 g/mol. The molecule has 8 heteroatoms. The number of thiocarbonyl (C=S) groups is 1. The fourth-order valence-electron chi connectivity index (χ4n) is 3.09. The maximum atomic E-state index is 13.3. The predicted molar refractivity (Wildman–Crippen MR) is 107 cm³/mol. The fraction of sp³-hybridized carbons (Fsp3) is 0.444. The van der Waals surface area contributed by atoms with E-state index < -0.39 is 5.82 Å². The highest BCUT2D eigenvalue weighted by Crippen LogP contribution is 2.20. The number of hydrogen-bond acceptors (Lipinski definition) is 3. The highest BCUT2D eigenvalue weighted by Gasteiger charge is 2.20. The molecule has 0 atom stereocenters. The molecule has 1 N–H and O–H groups in total. The number of benzene rings is 1. The van der Waals surface area contributed by atoms with Crippen LogP contribution in [0, 0.1) is 12.7 Å². The summed E-state index contributed by atoms with van der Waals surface area (Å²) in [4.78, 5) is 4.54. The van der Waals surface area contributed by atoms with Crippen LogP contribution in [-0.4, -0.2) is 50.9 Å². The van der Waals surface area contributed by atoms with Gasteiger partial charge in [-0.15, -0.1) is 0 Å². The number of piperazine rings is 1. The van der Waals surface area contributed by atoms with Crippen LogP contribution in [0.3, 0.4) is 0 Å². The summed E-state index contributed by atoms with van der Waals surface area (Å²) in [6.07, 6.45) is 1.97. The van der Waals surface area contributed by atoms with E-state index in [-0.39, 0.29) is 5.02 Å². The Bertz CT molecular complexity index is 786. The first-order chi connectivity index (χ1) is 12.5. The van der Waals surface area contributed by atoms with Crippen molar-refractivity contribution in [3.05, 3.63) is 46.5 Å². The minimum Gasteiger partial charge on any atom is -0.346 e. The Morgan fingerprint density at radius 1 is 1.31 bits per heavy atom. The lowest BCUT2D eigenvalue weighted by Crippen LogP contribution is -2.49. The van der Waals surface area contributed by atoms with E-state index in [0.717, 1.165) is 39.3 Å². The van der Waals surface area contributed by atoms with Crippen molar-refractivity contribution in [3.63, 3.8) is 0 Å². The van der Waals surface area contributed by atoms with Crippen molar-refractivity contribution in [2.75, 3.05) is 31.5 Å². The first-order valence-corrected chi connectivity index (χ1v) is 9.51. The van der Waals surface area contributed by atoms with Gasteiger partial charge in [-0.2, -0.15) is 5.10 Å². The van der Waals surface area contributed by atoms with Crippen molar-refractivity contribution in [1.82, 2.24) is 19.6 Å². The van der Waals surface area contributed by atoms with Crippen molar-refractivity contribution in [3.8, 4) is 0 Å². The van der Waals surface area contributed by atoms with Crippen LogP contribution in [0.2, 0.25) is 5.02 Å². The molecular weight excluding hydrogens is 373 g/mol. The molecule has 2 heterocycles. The predicted octanol–water partition coefficient (Wildman–Crippen LogP) is 3.52. The van der Waals surface area contributed by atoms with Crippen LogP contribution < -0.4 is 5.32 Å². The van der Waals surface area contributed by atoms with Crippen molar-refractivity contribution in [1.29, 1.82) is 0 Å². The molecule has 1 fully saturated rings. The summed E-state index contributed by atoms with van der Waals surface area (Å²) in [5, 5.41) is 8.28. The third kappa shape index (κ3) is 4.34. The average Bonchev–Trinajstić information content (AvgIpc) is 2.98. The van der Waals surface area contributed by atoms with Gasteiger partial charge >= 0.3 is 0 Å². The van der Waals surface area contributed by atoms with Gasteiger partial charge in [0.25, 0.3) is 0 Å². The number of aryl methyl sites for hydroxylation is 1. The third-order valence-electron chi connectivity index (χ3n) is 4.73. The molecule has 1 aromatic carbocycles. The van der Waals surface area contributed by atoms with Gasteiger partial charge in [0.05, 0.1) is 11.2 Å². The minimum absolute atomic E-state index is 0.0885. The van der Waals surface area contributed by atoms with Crippen molar-refractivity contribution < 1.29 is 4.39 Å². The standard InChI is InChI=1S/C18H23ClFN5S/c1-3-25-13(2)14(11-21-25)12-23-6-8-24(9-7-23)18(26)22-15-4-5-17(20)16(19)10-15/h4-5,10-11H,3,6-9,12H2,1-2H3,(H,22,26). The van der Waals surface area contributed by atoms with Crippen LogP contribution in [-0.2, 0) is 13.1 Å². The molecule has 1 aliphatic heterocycles. The number of nitrogens with zero attached hydrogens (tertiary/aromatic N) is 4. The van der Waals surface area contributed by atoms with Gasteiger partial charge in [0.2, 0.25) is 0 Å². The summed E-state index contributed by atoms with van der Waals surface area (Å²) < 4.78 is 15.3. The molecule has 0 spiro atoms. The SMILES string of the molecule is CCn1ncc(CN2CCN(C(=S)Nc3ccc(F)c(Cl)c3)CC2)c1C. The van der Waals surface area contributed by atoms with Gasteiger partial charge in [-0.3, -0.25) is 9.58 Å². The van der Waals surface area contributed by atoms with E-state index in [4.69, 9.17) is 23.8 Å². The van der Waals surface area contributed by atoms with E-state index in [9.17, 15) is 4.39 Å². The van der Waals surface area contributed by atoms with Gasteiger partial charge in [0.1, 0.15) is 5.82 Å². The molecule has 0 radical (unpaired) electrons. The van der Waals surface area contributed by atoms with Gasteiger partial charge < -0.3 is 10.2 Å². The Hall–Kier alpha value is -1.70. The number of aromatic nitrogens is 2. The molecule has 26 heavy (non-hydrogen) atoms. The first-order valence-electron chi connectivity index (χ1n) is 8.72. The fourth-order valence-corrected chi connectivity index (χ4v) is 3.57. The molecular formula is C18H23ClFN5S. The molecule has 1 aromatic heterocycles. The molecule has 0 amide bonds. The van der Waals surface area contributed by atoms with E-state index in [1.807, 2.05) is 10.9 Å². The Labute approximate surface area is 163 Å². The highest BCUT2D eigenvalue weighted by atomic mass is 35.5. The summed E-state index contributed by atoms with van der Waals surface area (Å²) in [6.45, 7) is 9.59. The van der Waals surface area contributed by atoms with Gasteiger partial charge in [-0.1, -0.05) is 11.6 Å². The van der Waals surface area contributed by atoms with E-state index in [0.29, 0.717) is 10.8 Å². The summed E-state index contributed by atoms with van der Waals surface area (Å²) >= 11 is 11.3. The van der Waals surface area contributed by atoms with Crippen molar-refractivity contribution in [2.24, 2.45) is 0 Å². The summed E-state index contributed by atoms with van der Waals surface area (Å²) in [5.41, 5.74) is 3.22. The number of anilines is 1. The second-order valence-electron chi connectivity index (χ2n) is 6.39. The number of rotatable bonds is 4. The number of nitrogens with one attached hydrogen (secondary N) is 1. The lowest BCUT2D eigenvalue weighted by molar-refractivity contribution is 0.176. The van der Waals surface area contributed by atoms with Gasteiger partial charge in [-0.25, -0.2) is 4.39 Å². The van der Waals surface area contributed by atoms with Crippen LogP contribution in [0.4, 0.5) is 10.1 Å². The van der Waals surface area contributed by atoms with Gasteiger partial charge in [0, 0.05) is 56.2 Å². The van der Waals surface area contributed by atoms with Gasteiger partial charge in [-0.05, 0) is 44.3 Å². The zero-order valence-electron chi connectivity index (χ0n) is 15.0. The molecule has 2 aromatic rings. The van der Waals surface area contributed by atoms with Crippen LogP contribution in [0.25, 0.3) is 0 Å². The topological polar surface area (TPSA) is 36.3 Å². The summed E-state index contributed by atoms with van der Waals surface area (Å²) in [5.74, 6) is -0.432. The molecule has 0 saturated carbocycles. The number of hydrogen-bond donors (Lipinski definition) is 1. The lowest BCUT2D eigenvalue weighted by atomic mass is 10.2. The first kappa shape index (κ1) is 19.1. The molecule has 5 nitrogen and oxygen atoms in total. The maximum absolute atomic E-state index is 13.3. The molecule has 0 aliphatic carbocycles. The third-order valence-corrected chi connectivity index (χ3v) is 5.38. The van der Waals surface area contributed by atoms with E-state index in [1.54, 1.807) is 12.1 Å². The molecule has 1 aliphatic rings. The van der Waals surface area contributed by atoms with E-state index >= 15 is 0 Å². The monoisotopic (exact) mass is 395 g/mol. The molecule has 1 saturated heterocycles. The lowest BCUT2D eigenvalue weighted by Gasteiger charge is -2.36. The Balaban J connectivity index is 1.51. The van der Waals surface area contributed by atoms with E-state index in [1.165, 1.54) is 17.3 Å². The van der Waals surface area contributed by atoms with E-state index in [2.05, 4.69) is 34.1 Å². The van der Waals surface area contributed by atoms with Crippen molar-refractivity contribution in [2.45, 2.75) is 26.9 Å². The van der Waals surface area contributed by atoms with Crippen LogP contribution in [0.1, 0.15) is 18.2 Å². The summed E-state index contributed by atoms with van der Waals surface area (Å²) in [7, 11) is 0. The Morgan fingerprint density at radius 2 is 2.04 bits per heavy atom. The maximum Gasteiger partial charge on any atom is 0.173 e. The second-order valence-corrected chi connectivity index (χ2v) is 7.19. The largest absolute Gasteiger partial charge is 0.346 e. The summed E-state index contributed by atoms with van der Waals surface area (Å²) in [6, 6.07) is 4.52. The molecule has 0 bridgehead atoms. The normalized spacial score (nSPS) is 15.3. The second kappa shape index (κ2) is 8.33. The van der Waals surface area contributed by atoms with Crippen LogP contribution in [0.15, 0.2) is 24.4 Å². The number of halogens is 2.